The normalized spacial score (nSPS) is 11.9. The van der Waals surface area contributed by atoms with Crippen LogP contribution in [0.15, 0.2) is 48.5 Å². The van der Waals surface area contributed by atoms with E-state index in [0.29, 0.717) is 19.0 Å². The van der Waals surface area contributed by atoms with Crippen molar-refractivity contribution in [2.24, 2.45) is 5.92 Å². The molecule has 0 bridgehead atoms. The Morgan fingerprint density at radius 2 is 1.61 bits per heavy atom. The highest BCUT2D eigenvalue weighted by molar-refractivity contribution is 5.88. The number of nitrogens with one attached hydrogen (secondary N) is 1. The van der Waals surface area contributed by atoms with Gasteiger partial charge in [0, 0.05) is 13.1 Å². The third-order valence-corrected chi connectivity index (χ3v) is 4.76. The molecule has 0 aliphatic rings. The van der Waals surface area contributed by atoms with Gasteiger partial charge in [0.05, 0.1) is 6.42 Å². The summed E-state index contributed by atoms with van der Waals surface area (Å²) in [4.78, 5) is 27.4. The lowest BCUT2D eigenvalue weighted by Gasteiger charge is -2.29. The fraction of sp³-hybridized carbons (Fsp3) is 0.417. The maximum Gasteiger partial charge on any atom is 0.242 e. The fourth-order valence-corrected chi connectivity index (χ4v) is 3.02. The third-order valence-electron chi connectivity index (χ3n) is 4.76. The lowest BCUT2D eigenvalue weighted by Crippen LogP contribution is -2.48. The molecule has 0 spiro atoms. The van der Waals surface area contributed by atoms with E-state index in [1.807, 2.05) is 56.3 Å². The lowest BCUT2D eigenvalue weighted by molar-refractivity contribution is -0.140. The molecule has 0 aliphatic carbocycles. The van der Waals surface area contributed by atoms with Crippen LogP contribution in [0.1, 0.15) is 43.0 Å². The SMILES string of the molecule is Cc1ccc(CC(=O)N(Cc2cccc(C)c2)[C@H](C)C(=O)NCC(C)C)cc1. The number of aryl methyl sites for hydroxylation is 2. The van der Waals surface area contributed by atoms with Crippen molar-refractivity contribution < 1.29 is 9.59 Å². The summed E-state index contributed by atoms with van der Waals surface area (Å²) in [6.07, 6.45) is 0.286. The molecule has 150 valence electrons. The van der Waals surface area contributed by atoms with Gasteiger partial charge < -0.3 is 10.2 Å². The molecule has 0 saturated heterocycles. The zero-order valence-electron chi connectivity index (χ0n) is 17.7. The molecule has 2 rings (SSSR count). The Balaban J connectivity index is 2.19. The van der Waals surface area contributed by atoms with Gasteiger partial charge in [-0.05, 0) is 37.8 Å². The Morgan fingerprint density at radius 1 is 0.929 bits per heavy atom. The molecule has 0 saturated carbocycles. The standard InChI is InChI=1S/C24H32N2O2/c1-17(2)15-25-24(28)20(5)26(16-22-8-6-7-19(4)13-22)23(27)14-21-11-9-18(3)10-12-21/h6-13,17,20H,14-16H2,1-5H3,(H,25,28)/t20-/m1/s1. The minimum atomic E-state index is -0.530. The quantitative estimate of drug-likeness (QED) is 0.751. The van der Waals surface area contributed by atoms with Crippen molar-refractivity contribution in [2.75, 3.05) is 6.54 Å². The average molecular weight is 381 g/mol. The minimum Gasteiger partial charge on any atom is -0.354 e. The van der Waals surface area contributed by atoms with E-state index in [4.69, 9.17) is 0 Å². The highest BCUT2D eigenvalue weighted by atomic mass is 16.2. The fourth-order valence-electron chi connectivity index (χ4n) is 3.02. The summed E-state index contributed by atoms with van der Waals surface area (Å²) < 4.78 is 0. The summed E-state index contributed by atoms with van der Waals surface area (Å²) >= 11 is 0. The number of hydrogen-bond acceptors (Lipinski definition) is 2. The number of rotatable bonds is 8. The molecule has 4 heteroatoms. The Kier molecular flexibility index (Phi) is 7.80. The highest BCUT2D eigenvalue weighted by Crippen LogP contribution is 2.14. The Labute approximate surface area is 169 Å². The summed E-state index contributed by atoms with van der Waals surface area (Å²) in [7, 11) is 0. The van der Waals surface area contributed by atoms with Crippen molar-refractivity contribution in [3.8, 4) is 0 Å². The summed E-state index contributed by atoms with van der Waals surface area (Å²) in [5, 5.41) is 2.95. The molecule has 1 N–H and O–H groups in total. The highest BCUT2D eigenvalue weighted by Gasteiger charge is 2.26. The number of amides is 2. The van der Waals surface area contributed by atoms with Gasteiger partial charge in [-0.3, -0.25) is 9.59 Å². The minimum absolute atomic E-state index is 0.0439. The predicted molar refractivity (Wildman–Crippen MR) is 114 cm³/mol. The molecule has 0 fully saturated rings. The average Bonchev–Trinajstić information content (AvgIpc) is 2.65. The maximum atomic E-state index is 13.1. The van der Waals surface area contributed by atoms with Gasteiger partial charge in [-0.1, -0.05) is 73.5 Å². The first-order valence-corrected chi connectivity index (χ1v) is 9.94. The molecule has 4 nitrogen and oxygen atoms in total. The predicted octanol–water partition coefficient (Wildman–Crippen LogP) is 4.04. The van der Waals surface area contributed by atoms with Crippen LogP contribution in [-0.2, 0) is 22.6 Å². The van der Waals surface area contributed by atoms with E-state index in [-0.39, 0.29) is 18.2 Å². The van der Waals surface area contributed by atoms with Gasteiger partial charge in [-0.25, -0.2) is 0 Å². The largest absolute Gasteiger partial charge is 0.354 e. The molecule has 28 heavy (non-hydrogen) atoms. The van der Waals surface area contributed by atoms with E-state index in [0.717, 1.165) is 22.3 Å². The van der Waals surface area contributed by atoms with Crippen LogP contribution in [0.2, 0.25) is 0 Å². The van der Waals surface area contributed by atoms with Crippen LogP contribution in [0.3, 0.4) is 0 Å². The van der Waals surface area contributed by atoms with Gasteiger partial charge in [0.1, 0.15) is 6.04 Å². The second-order valence-corrected chi connectivity index (χ2v) is 7.99. The van der Waals surface area contributed by atoms with Crippen molar-refractivity contribution in [1.29, 1.82) is 0 Å². The molecule has 0 radical (unpaired) electrons. The Morgan fingerprint density at radius 3 is 2.21 bits per heavy atom. The van der Waals surface area contributed by atoms with Gasteiger partial charge in [-0.2, -0.15) is 0 Å². The van der Waals surface area contributed by atoms with E-state index in [1.54, 1.807) is 11.8 Å². The van der Waals surface area contributed by atoms with Gasteiger partial charge in [0.25, 0.3) is 0 Å². The zero-order chi connectivity index (χ0) is 20.7. The summed E-state index contributed by atoms with van der Waals surface area (Å²) in [6, 6.07) is 15.5. The number of benzene rings is 2. The van der Waals surface area contributed by atoms with Crippen LogP contribution >= 0.6 is 0 Å². The zero-order valence-corrected chi connectivity index (χ0v) is 17.7. The van der Waals surface area contributed by atoms with Crippen molar-refractivity contribution >= 4 is 11.8 Å². The van der Waals surface area contributed by atoms with E-state index < -0.39 is 6.04 Å². The smallest absolute Gasteiger partial charge is 0.242 e. The van der Waals surface area contributed by atoms with Crippen LogP contribution in [0.4, 0.5) is 0 Å². The number of carbonyl (C=O) groups excluding carboxylic acids is 2. The Bertz CT molecular complexity index is 797. The summed E-state index contributed by atoms with van der Waals surface area (Å²) in [5.41, 5.74) is 4.29. The molecule has 0 aromatic heterocycles. The number of carbonyl (C=O) groups is 2. The number of hydrogen-bond donors (Lipinski definition) is 1. The van der Waals surface area contributed by atoms with E-state index >= 15 is 0 Å². The van der Waals surface area contributed by atoms with Gasteiger partial charge in [0.2, 0.25) is 11.8 Å². The molecule has 0 aliphatic heterocycles. The second kappa shape index (κ2) is 10.1. The van der Waals surface area contributed by atoms with Gasteiger partial charge >= 0.3 is 0 Å². The molecule has 2 aromatic rings. The first-order valence-electron chi connectivity index (χ1n) is 9.94. The van der Waals surface area contributed by atoms with Crippen molar-refractivity contribution in [3.05, 3.63) is 70.8 Å². The number of nitrogens with zero attached hydrogens (tertiary/aromatic N) is 1. The topological polar surface area (TPSA) is 49.4 Å². The van der Waals surface area contributed by atoms with E-state index in [2.05, 4.69) is 25.2 Å². The summed E-state index contributed by atoms with van der Waals surface area (Å²) in [5.74, 6) is 0.209. The van der Waals surface area contributed by atoms with Gasteiger partial charge in [-0.15, -0.1) is 0 Å². The van der Waals surface area contributed by atoms with Crippen LogP contribution in [0.25, 0.3) is 0 Å². The lowest BCUT2D eigenvalue weighted by atomic mass is 10.1. The Hall–Kier alpha value is -2.62. The molecule has 2 aromatic carbocycles. The maximum absolute atomic E-state index is 13.1. The van der Waals surface area contributed by atoms with E-state index in [1.165, 1.54) is 0 Å². The third kappa shape index (κ3) is 6.52. The van der Waals surface area contributed by atoms with Crippen molar-refractivity contribution in [1.82, 2.24) is 10.2 Å². The van der Waals surface area contributed by atoms with Crippen LogP contribution < -0.4 is 5.32 Å². The molecule has 2 amide bonds. The second-order valence-electron chi connectivity index (χ2n) is 7.99. The molecule has 0 unspecified atom stereocenters. The van der Waals surface area contributed by atoms with E-state index in [9.17, 15) is 9.59 Å². The molecule has 1 atom stereocenters. The van der Waals surface area contributed by atoms with Crippen LogP contribution in [0.5, 0.6) is 0 Å². The van der Waals surface area contributed by atoms with Crippen molar-refractivity contribution in [3.63, 3.8) is 0 Å². The van der Waals surface area contributed by atoms with Crippen LogP contribution in [0, 0.1) is 19.8 Å². The van der Waals surface area contributed by atoms with Gasteiger partial charge in [0.15, 0.2) is 0 Å². The van der Waals surface area contributed by atoms with Crippen molar-refractivity contribution in [2.45, 2.75) is 53.6 Å². The monoisotopic (exact) mass is 380 g/mol. The van der Waals surface area contributed by atoms with Crippen LogP contribution in [-0.4, -0.2) is 29.3 Å². The molecule has 0 heterocycles. The first kappa shape index (κ1) is 21.7. The molecular weight excluding hydrogens is 348 g/mol. The summed E-state index contributed by atoms with van der Waals surface area (Å²) in [6.45, 7) is 11.0. The molecular formula is C24H32N2O2. The first-order chi connectivity index (χ1) is 13.3.